The second-order valence-corrected chi connectivity index (χ2v) is 9.13. The van der Waals surface area contributed by atoms with Crippen LogP contribution in [0.2, 0.25) is 0 Å². The molecule has 4 rings (SSSR count). The van der Waals surface area contributed by atoms with Crippen LogP contribution < -0.4 is 0 Å². The third-order valence-electron chi connectivity index (χ3n) is 4.81. The van der Waals surface area contributed by atoms with Gasteiger partial charge in [-0.3, -0.25) is 0 Å². The van der Waals surface area contributed by atoms with E-state index in [1.807, 2.05) is 0 Å². The molecule has 0 amide bonds. The molecule has 4 heteroatoms. The molecule has 26 heavy (non-hydrogen) atoms. The number of nitrogens with zero attached hydrogens (tertiary/aromatic N) is 2. The van der Waals surface area contributed by atoms with E-state index in [0.717, 1.165) is 39.3 Å². The first-order valence-corrected chi connectivity index (χ1v) is 9.12. The second-order valence-electron chi connectivity index (χ2n) is 9.13. The standard InChI is InChI=1S/C22H26N4/c1-21(2,3)14-8-10-15-18(12-14)24-19(23-15)13-7-9-16-17(11-13)26-20(25-16)22(4,5)6/h7-12H,1-6H3,(H,23,24)(H,25,26). The summed E-state index contributed by atoms with van der Waals surface area (Å²) in [4.78, 5) is 16.4. The predicted molar refractivity (Wildman–Crippen MR) is 109 cm³/mol. The van der Waals surface area contributed by atoms with Crippen molar-refractivity contribution in [1.82, 2.24) is 19.9 Å². The van der Waals surface area contributed by atoms with Gasteiger partial charge in [0.25, 0.3) is 0 Å². The number of H-pyrrole nitrogens is 2. The molecule has 2 aromatic carbocycles. The first-order chi connectivity index (χ1) is 12.1. The molecule has 2 heterocycles. The summed E-state index contributed by atoms with van der Waals surface area (Å²) >= 11 is 0. The van der Waals surface area contributed by atoms with Gasteiger partial charge in [-0.2, -0.15) is 0 Å². The molecule has 2 aromatic heterocycles. The molecular weight excluding hydrogens is 320 g/mol. The quantitative estimate of drug-likeness (QED) is 0.464. The van der Waals surface area contributed by atoms with Gasteiger partial charge >= 0.3 is 0 Å². The Morgan fingerprint density at radius 1 is 0.692 bits per heavy atom. The van der Waals surface area contributed by atoms with Crippen LogP contribution in [0.25, 0.3) is 33.5 Å². The zero-order valence-corrected chi connectivity index (χ0v) is 16.4. The van der Waals surface area contributed by atoms with Crippen molar-refractivity contribution in [2.45, 2.75) is 52.4 Å². The Labute approximate surface area is 154 Å². The lowest BCUT2D eigenvalue weighted by Crippen LogP contribution is -2.12. The number of hydrogen-bond acceptors (Lipinski definition) is 2. The fourth-order valence-electron chi connectivity index (χ4n) is 3.12. The van der Waals surface area contributed by atoms with Crippen LogP contribution in [0.5, 0.6) is 0 Å². The minimum absolute atomic E-state index is 0.00189. The summed E-state index contributed by atoms with van der Waals surface area (Å²) in [5, 5.41) is 0. The van der Waals surface area contributed by atoms with Gasteiger partial charge in [-0.15, -0.1) is 0 Å². The Morgan fingerprint density at radius 3 is 2.04 bits per heavy atom. The molecule has 0 fully saturated rings. The fraction of sp³-hybridized carbons (Fsp3) is 0.364. The van der Waals surface area contributed by atoms with Gasteiger partial charge in [0.15, 0.2) is 0 Å². The summed E-state index contributed by atoms with van der Waals surface area (Å²) in [6, 6.07) is 12.7. The lowest BCUT2D eigenvalue weighted by atomic mass is 9.87. The zero-order chi connectivity index (χ0) is 18.7. The molecule has 0 saturated heterocycles. The molecule has 0 aliphatic rings. The van der Waals surface area contributed by atoms with Crippen molar-refractivity contribution in [1.29, 1.82) is 0 Å². The van der Waals surface area contributed by atoms with Crippen LogP contribution >= 0.6 is 0 Å². The van der Waals surface area contributed by atoms with E-state index in [0.29, 0.717) is 0 Å². The molecule has 0 aliphatic carbocycles. The smallest absolute Gasteiger partial charge is 0.138 e. The highest BCUT2D eigenvalue weighted by atomic mass is 14.9. The van der Waals surface area contributed by atoms with E-state index in [9.17, 15) is 0 Å². The van der Waals surface area contributed by atoms with Gasteiger partial charge in [0, 0.05) is 11.0 Å². The minimum Gasteiger partial charge on any atom is -0.342 e. The maximum atomic E-state index is 4.78. The van der Waals surface area contributed by atoms with Crippen LogP contribution in [-0.2, 0) is 10.8 Å². The van der Waals surface area contributed by atoms with E-state index in [4.69, 9.17) is 9.97 Å². The van der Waals surface area contributed by atoms with Gasteiger partial charge in [-0.05, 0) is 41.3 Å². The van der Waals surface area contributed by atoms with E-state index >= 15 is 0 Å². The highest BCUT2D eigenvalue weighted by molar-refractivity contribution is 5.84. The highest BCUT2D eigenvalue weighted by Gasteiger charge is 2.19. The van der Waals surface area contributed by atoms with Crippen molar-refractivity contribution in [3.05, 3.63) is 47.8 Å². The lowest BCUT2D eigenvalue weighted by molar-refractivity contribution is 0.554. The predicted octanol–water partition coefficient (Wildman–Crippen LogP) is 5.70. The summed E-state index contributed by atoms with van der Waals surface area (Å²) in [6.45, 7) is 13.2. The average Bonchev–Trinajstić information content (AvgIpc) is 3.16. The average molecular weight is 346 g/mol. The van der Waals surface area contributed by atoms with E-state index in [2.05, 4.69) is 87.9 Å². The molecule has 134 valence electrons. The van der Waals surface area contributed by atoms with E-state index in [1.54, 1.807) is 0 Å². The summed E-state index contributed by atoms with van der Waals surface area (Å²) in [7, 11) is 0. The Bertz CT molecular complexity index is 1090. The molecule has 2 N–H and O–H groups in total. The van der Waals surface area contributed by atoms with Crippen LogP contribution in [0.3, 0.4) is 0 Å². The van der Waals surface area contributed by atoms with Gasteiger partial charge in [0.1, 0.15) is 11.6 Å². The molecule has 0 bridgehead atoms. The van der Waals surface area contributed by atoms with Gasteiger partial charge in [0.05, 0.1) is 22.1 Å². The molecule has 0 radical (unpaired) electrons. The van der Waals surface area contributed by atoms with Crippen LogP contribution in [0, 0.1) is 0 Å². The number of aromatic nitrogens is 4. The molecular formula is C22H26N4. The summed E-state index contributed by atoms with van der Waals surface area (Å²) in [5.41, 5.74) is 6.60. The van der Waals surface area contributed by atoms with Crippen LogP contribution in [0.4, 0.5) is 0 Å². The second kappa shape index (κ2) is 5.44. The molecule has 0 spiro atoms. The van der Waals surface area contributed by atoms with E-state index in [-0.39, 0.29) is 10.8 Å². The number of aromatic amines is 2. The first kappa shape index (κ1) is 16.8. The SMILES string of the molecule is CC(C)(C)c1ccc2nc(-c3ccc4nc(C(C)(C)C)[nH]c4c3)[nH]c2c1. The third-order valence-corrected chi connectivity index (χ3v) is 4.81. The van der Waals surface area contributed by atoms with Crippen LogP contribution in [0.1, 0.15) is 52.9 Å². The highest BCUT2D eigenvalue weighted by Crippen LogP contribution is 2.29. The molecule has 0 aliphatic heterocycles. The van der Waals surface area contributed by atoms with Crippen molar-refractivity contribution < 1.29 is 0 Å². The van der Waals surface area contributed by atoms with Crippen molar-refractivity contribution in [2.24, 2.45) is 0 Å². The maximum absolute atomic E-state index is 4.78. The normalized spacial score (nSPS) is 13.0. The minimum atomic E-state index is 0.00189. The summed E-state index contributed by atoms with van der Waals surface area (Å²) in [6.07, 6.45) is 0. The Kier molecular flexibility index (Phi) is 3.52. The van der Waals surface area contributed by atoms with Crippen molar-refractivity contribution in [2.75, 3.05) is 0 Å². The van der Waals surface area contributed by atoms with E-state index < -0.39 is 0 Å². The number of hydrogen-bond donors (Lipinski definition) is 2. The number of fused-ring (bicyclic) bond motifs is 2. The molecule has 0 atom stereocenters. The van der Waals surface area contributed by atoms with Gasteiger partial charge in [0.2, 0.25) is 0 Å². The first-order valence-electron chi connectivity index (χ1n) is 9.12. The summed E-state index contributed by atoms with van der Waals surface area (Å²) < 4.78 is 0. The van der Waals surface area contributed by atoms with Crippen LogP contribution in [0.15, 0.2) is 36.4 Å². The molecule has 4 aromatic rings. The molecule has 4 nitrogen and oxygen atoms in total. The number of benzene rings is 2. The lowest BCUT2D eigenvalue weighted by Gasteiger charge is -2.18. The topological polar surface area (TPSA) is 57.4 Å². The third kappa shape index (κ3) is 2.90. The van der Waals surface area contributed by atoms with Gasteiger partial charge < -0.3 is 9.97 Å². The fourth-order valence-corrected chi connectivity index (χ4v) is 3.12. The number of imidazole rings is 2. The van der Waals surface area contributed by atoms with Crippen molar-refractivity contribution in [3.8, 4) is 11.4 Å². The Morgan fingerprint density at radius 2 is 1.35 bits per heavy atom. The van der Waals surface area contributed by atoms with Gasteiger partial charge in [-0.25, -0.2) is 9.97 Å². The van der Waals surface area contributed by atoms with Crippen molar-refractivity contribution >= 4 is 22.1 Å². The largest absolute Gasteiger partial charge is 0.342 e. The Balaban J connectivity index is 1.79. The number of nitrogens with one attached hydrogen (secondary N) is 2. The van der Waals surface area contributed by atoms with Crippen LogP contribution in [-0.4, -0.2) is 19.9 Å². The van der Waals surface area contributed by atoms with Crippen molar-refractivity contribution in [3.63, 3.8) is 0 Å². The zero-order valence-electron chi connectivity index (χ0n) is 16.4. The molecule has 0 saturated carbocycles. The summed E-state index contributed by atoms with van der Waals surface area (Å²) in [5.74, 6) is 1.89. The Hall–Kier alpha value is -2.62. The maximum Gasteiger partial charge on any atom is 0.138 e. The van der Waals surface area contributed by atoms with Gasteiger partial charge in [-0.1, -0.05) is 47.6 Å². The van der Waals surface area contributed by atoms with E-state index in [1.165, 1.54) is 5.56 Å². The number of rotatable bonds is 1. The monoisotopic (exact) mass is 346 g/mol. The molecule has 0 unspecified atom stereocenters.